The van der Waals surface area contributed by atoms with Crippen molar-refractivity contribution in [2.45, 2.75) is 31.6 Å². The number of fused-ring (bicyclic) bond motifs is 1. The molecule has 152 valence electrons. The van der Waals surface area contributed by atoms with E-state index in [0.717, 1.165) is 12.8 Å². The molecule has 7 heteroatoms. The Kier molecular flexibility index (Phi) is 5.47. The first-order chi connectivity index (χ1) is 14.0. The lowest BCUT2D eigenvalue weighted by molar-refractivity contribution is -0.0222. The molecule has 0 aliphatic carbocycles. The van der Waals surface area contributed by atoms with Gasteiger partial charge in [0.15, 0.2) is 0 Å². The molecule has 1 fully saturated rings. The van der Waals surface area contributed by atoms with Crippen molar-refractivity contribution in [2.24, 2.45) is 0 Å². The van der Waals surface area contributed by atoms with Gasteiger partial charge in [0.05, 0.1) is 11.0 Å². The van der Waals surface area contributed by atoms with Crippen LogP contribution in [-0.2, 0) is 6.42 Å². The van der Waals surface area contributed by atoms with E-state index in [9.17, 15) is 13.6 Å². The summed E-state index contributed by atoms with van der Waals surface area (Å²) in [6.07, 6.45) is 1.23. The third-order valence-electron chi connectivity index (χ3n) is 5.29. The van der Waals surface area contributed by atoms with E-state index in [2.05, 4.69) is 22.4 Å². The number of alkyl halides is 2. The average Bonchev–Trinajstić information content (AvgIpc) is 3.11. The van der Waals surface area contributed by atoms with Gasteiger partial charge >= 0.3 is 6.03 Å². The van der Waals surface area contributed by atoms with Gasteiger partial charge in [-0.15, -0.1) is 0 Å². The number of aromatic nitrogens is 2. The molecule has 2 aromatic carbocycles. The molecule has 2 heterocycles. The van der Waals surface area contributed by atoms with Crippen LogP contribution >= 0.6 is 0 Å². The summed E-state index contributed by atoms with van der Waals surface area (Å²) in [5.41, 5.74) is 2.59. The van der Waals surface area contributed by atoms with Crippen molar-refractivity contribution in [1.29, 1.82) is 0 Å². The average molecular weight is 398 g/mol. The summed E-state index contributed by atoms with van der Waals surface area (Å²) in [5.74, 6) is -2.21. The molecule has 1 N–H and O–H groups in total. The number of para-hydroxylation sites is 2. The molecular formula is C22H24F2N4O. The molecule has 0 saturated carbocycles. The molecule has 4 rings (SSSR count). The predicted molar refractivity (Wildman–Crippen MR) is 110 cm³/mol. The zero-order valence-corrected chi connectivity index (χ0v) is 16.2. The zero-order valence-electron chi connectivity index (χ0n) is 16.2. The normalized spacial score (nSPS) is 16.1. The number of carbonyl (C=O) groups excluding carboxylic acids is 1. The maximum Gasteiger partial charge on any atom is 0.328 e. The highest BCUT2D eigenvalue weighted by atomic mass is 19.3. The summed E-state index contributed by atoms with van der Waals surface area (Å²) < 4.78 is 28.7. The molecular weight excluding hydrogens is 374 g/mol. The lowest BCUT2D eigenvalue weighted by atomic mass is 10.1. The Morgan fingerprint density at radius 3 is 2.48 bits per heavy atom. The summed E-state index contributed by atoms with van der Waals surface area (Å²) in [7, 11) is 0. The molecule has 0 unspecified atom stereocenters. The van der Waals surface area contributed by atoms with Gasteiger partial charge < -0.3 is 10.2 Å². The molecule has 0 radical (unpaired) electrons. The van der Waals surface area contributed by atoms with E-state index in [1.165, 1.54) is 10.1 Å². The van der Waals surface area contributed by atoms with Gasteiger partial charge in [-0.05, 0) is 30.5 Å². The second kappa shape index (κ2) is 8.19. The molecule has 0 bridgehead atoms. The molecule has 3 aromatic rings. The SMILES string of the molecule is O=C(NCCCc1ccccc1)n1c(N2CCC(F)(F)CC2)nc2ccccc21. The largest absolute Gasteiger partial charge is 0.341 e. The summed E-state index contributed by atoms with van der Waals surface area (Å²) in [5, 5.41) is 2.95. The Balaban J connectivity index is 1.48. The summed E-state index contributed by atoms with van der Waals surface area (Å²) in [6.45, 7) is 0.882. The molecule has 5 nitrogen and oxygen atoms in total. The highest BCUT2D eigenvalue weighted by Crippen LogP contribution is 2.31. The van der Waals surface area contributed by atoms with E-state index in [-0.39, 0.29) is 32.0 Å². The second-order valence-electron chi connectivity index (χ2n) is 7.40. The molecule has 1 aromatic heterocycles. The van der Waals surface area contributed by atoms with Crippen molar-refractivity contribution in [2.75, 3.05) is 24.5 Å². The van der Waals surface area contributed by atoms with Gasteiger partial charge in [0.1, 0.15) is 0 Å². The van der Waals surface area contributed by atoms with Gasteiger partial charge in [-0.25, -0.2) is 23.1 Å². The quantitative estimate of drug-likeness (QED) is 0.646. The van der Waals surface area contributed by atoms with Gasteiger partial charge in [0, 0.05) is 32.5 Å². The highest BCUT2D eigenvalue weighted by Gasteiger charge is 2.36. The van der Waals surface area contributed by atoms with Crippen molar-refractivity contribution in [3.8, 4) is 0 Å². The van der Waals surface area contributed by atoms with Gasteiger partial charge in [-0.1, -0.05) is 42.5 Å². The fraction of sp³-hybridized carbons (Fsp3) is 0.364. The van der Waals surface area contributed by atoms with E-state index >= 15 is 0 Å². The predicted octanol–water partition coefficient (Wildman–Crippen LogP) is 4.46. The molecule has 0 spiro atoms. The molecule has 0 atom stereocenters. The molecule has 1 amide bonds. The number of carbonyl (C=O) groups is 1. The van der Waals surface area contributed by atoms with E-state index in [4.69, 9.17) is 0 Å². The summed E-state index contributed by atoms with van der Waals surface area (Å²) in [6, 6.07) is 17.2. The van der Waals surface area contributed by atoms with Crippen molar-refractivity contribution in [3.05, 3.63) is 60.2 Å². The number of hydrogen-bond donors (Lipinski definition) is 1. The molecule has 1 aliphatic heterocycles. The Labute approximate surface area is 168 Å². The Hall–Kier alpha value is -2.96. The minimum absolute atomic E-state index is 0.178. The van der Waals surface area contributed by atoms with Gasteiger partial charge in [0.2, 0.25) is 5.95 Å². The summed E-state index contributed by atoms with van der Waals surface area (Å²) >= 11 is 0. The number of nitrogens with one attached hydrogen (secondary N) is 1. The van der Waals surface area contributed by atoms with Crippen LogP contribution in [0.15, 0.2) is 54.6 Å². The fourth-order valence-electron chi connectivity index (χ4n) is 3.67. The topological polar surface area (TPSA) is 50.2 Å². The van der Waals surface area contributed by atoms with Crippen LogP contribution in [0.25, 0.3) is 11.0 Å². The number of halogens is 2. The maximum atomic E-state index is 13.6. The molecule has 1 aliphatic rings. The van der Waals surface area contributed by atoms with Crippen LogP contribution in [0.2, 0.25) is 0 Å². The Bertz CT molecular complexity index is 977. The molecule has 1 saturated heterocycles. The van der Waals surface area contributed by atoms with Gasteiger partial charge in [-0.3, -0.25) is 0 Å². The maximum absolute atomic E-state index is 13.6. The number of anilines is 1. The number of rotatable bonds is 5. The van der Waals surface area contributed by atoms with Crippen LogP contribution in [0.4, 0.5) is 19.5 Å². The highest BCUT2D eigenvalue weighted by molar-refractivity contribution is 5.93. The lowest BCUT2D eigenvalue weighted by Gasteiger charge is -2.32. The van der Waals surface area contributed by atoms with E-state index < -0.39 is 5.92 Å². The van der Waals surface area contributed by atoms with Crippen LogP contribution in [0.1, 0.15) is 24.8 Å². The lowest BCUT2D eigenvalue weighted by Crippen LogP contribution is -2.42. The monoisotopic (exact) mass is 398 g/mol. The first-order valence-corrected chi connectivity index (χ1v) is 9.96. The first-order valence-electron chi connectivity index (χ1n) is 9.96. The van der Waals surface area contributed by atoms with Crippen LogP contribution in [0, 0.1) is 0 Å². The van der Waals surface area contributed by atoms with Crippen molar-refractivity contribution in [1.82, 2.24) is 14.9 Å². The number of amides is 1. The second-order valence-corrected chi connectivity index (χ2v) is 7.40. The smallest absolute Gasteiger partial charge is 0.328 e. The third-order valence-corrected chi connectivity index (χ3v) is 5.29. The number of benzene rings is 2. The van der Waals surface area contributed by atoms with Crippen LogP contribution in [-0.4, -0.2) is 41.1 Å². The summed E-state index contributed by atoms with van der Waals surface area (Å²) in [4.78, 5) is 19.3. The van der Waals surface area contributed by atoms with E-state index in [1.807, 2.05) is 42.5 Å². The van der Waals surface area contributed by atoms with Crippen molar-refractivity contribution >= 4 is 23.0 Å². The van der Waals surface area contributed by atoms with Crippen LogP contribution < -0.4 is 10.2 Å². The zero-order chi connectivity index (χ0) is 20.3. The first kappa shape index (κ1) is 19.4. The van der Waals surface area contributed by atoms with Crippen LogP contribution in [0.3, 0.4) is 0 Å². The minimum atomic E-state index is -2.65. The van der Waals surface area contributed by atoms with Crippen LogP contribution in [0.5, 0.6) is 0 Å². The Morgan fingerprint density at radius 1 is 1.03 bits per heavy atom. The van der Waals surface area contributed by atoms with E-state index in [1.54, 1.807) is 4.90 Å². The molecule has 29 heavy (non-hydrogen) atoms. The number of hydrogen-bond acceptors (Lipinski definition) is 3. The third kappa shape index (κ3) is 4.39. The van der Waals surface area contributed by atoms with Crippen molar-refractivity contribution in [3.63, 3.8) is 0 Å². The minimum Gasteiger partial charge on any atom is -0.341 e. The number of nitrogens with zero attached hydrogens (tertiary/aromatic N) is 3. The Morgan fingerprint density at radius 2 is 1.72 bits per heavy atom. The van der Waals surface area contributed by atoms with Gasteiger partial charge in [-0.2, -0.15) is 0 Å². The number of piperidine rings is 1. The fourth-order valence-corrected chi connectivity index (χ4v) is 3.67. The number of imidazole rings is 1. The van der Waals surface area contributed by atoms with Gasteiger partial charge in [0.25, 0.3) is 5.92 Å². The number of aryl methyl sites for hydroxylation is 1. The standard InChI is InChI=1S/C22H24F2N4O/c23-22(24)12-15-27(16-13-22)20-26-18-10-4-5-11-19(18)28(20)21(29)25-14-6-9-17-7-2-1-3-8-17/h1-5,7-8,10-11H,6,9,12-16H2,(H,25,29). The van der Waals surface area contributed by atoms with Crippen molar-refractivity contribution < 1.29 is 13.6 Å². The van der Waals surface area contributed by atoms with E-state index in [0.29, 0.717) is 23.5 Å².